The lowest BCUT2D eigenvalue weighted by atomic mass is 10.4. The molecule has 0 unspecified atom stereocenters. The van der Waals surface area contributed by atoms with E-state index in [0.29, 0.717) is 11.4 Å². The number of aryl methyl sites for hydroxylation is 2. The Morgan fingerprint density at radius 2 is 1.75 bits per heavy atom. The van der Waals surface area contributed by atoms with E-state index in [4.69, 9.17) is 0 Å². The van der Waals surface area contributed by atoms with Gasteiger partial charge in [-0.05, 0) is 19.9 Å². The number of H-pyrrole nitrogens is 2. The van der Waals surface area contributed by atoms with Gasteiger partial charge in [0.15, 0.2) is 4.90 Å². The highest BCUT2D eigenvalue weighted by Gasteiger charge is 2.20. The SMILES string of the molecule is Cc1cc(C)nc(NS(=O)(=O)c2c[nH]c(=O)[nH]c2=O)n1. The van der Waals surface area contributed by atoms with Crippen molar-refractivity contribution in [1.29, 1.82) is 0 Å². The van der Waals surface area contributed by atoms with Crippen molar-refractivity contribution in [3.8, 4) is 0 Å². The smallest absolute Gasteiger partial charge is 0.313 e. The molecule has 2 aromatic heterocycles. The molecule has 0 aromatic carbocycles. The first-order valence-corrected chi connectivity index (χ1v) is 6.93. The summed E-state index contributed by atoms with van der Waals surface area (Å²) in [4.78, 5) is 33.4. The van der Waals surface area contributed by atoms with Crippen molar-refractivity contribution in [1.82, 2.24) is 19.9 Å². The van der Waals surface area contributed by atoms with E-state index in [1.165, 1.54) is 0 Å². The standard InChI is InChI=1S/C10H11N5O4S/c1-5-3-6(2)13-9(12-5)15-20(18,19)7-4-11-10(17)14-8(7)16/h3-4H,1-2H3,(H,12,13,15)(H2,11,14,16,17). The zero-order valence-corrected chi connectivity index (χ0v) is 11.4. The Morgan fingerprint density at radius 3 is 2.30 bits per heavy atom. The topological polar surface area (TPSA) is 138 Å². The Kier molecular flexibility index (Phi) is 3.40. The Hall–Kier alpha value is -2.49. The lowest BCUT2D eigenvalue weighted by Crippen LogP contribution is -2.29. The lowest BCUT2D eigenvalue weighted by Gasteiger charge is -2.06. The van der Waals surface area contributed by atoms with E-state index in [1.807, 2.05) is 4.98 Å². The van der Waals surface area contributed by atoms with Crippen LogP contribution in [0.2, 0.25) is 0 Å². The van der Waals surface area contributed by atoms with Gasteiger partial charge >= 0.3 is 5.69 Å². The van der Waals surface area contributed by atoms with E-state index in [0.717, 1.165) is 6.20 Å². The van der Waals surface area contributed by atoms with Gasteiger partial charge in [0.1, 0.15) is 0 Å². The van der Waals surface area contributed by atoms with Crippen LogP contribution in [0.3, 0.4) is 0 Å². The van der Waals surface area contributed by atoms with E-state index in [1.54, 1.807) is 19.9 Å². The number of nitrogens with one attached hydrogen (secondary N) is 3. The van der Waals surface area contributed by atoms with Crippen LogP contribution in [0.5, 0.6) is 0 Å². The van der Waals surface area contributed by atoms with Crippen molar-refractivity contribution < 1.29 is 8.42 Å². The van der Waals surface area contributed by atoms with Crippen LogP contribution in [0.4, 0.5) is 5.95 Å². The summed E-state index contributed by atoms with van der Waals surface area (Å²) < 4.78 is 26.1. The van der Waals surface area contributed by atoms with Crippen molar-refractivity contribution in [3.05, 3.63) is 44.5 Å². The monoisotopic (exact) mass is 297 g/mol. The van der Waals surface area contributed by atoms with Crippen LogP contribution in [-0.4, -0.2) is 28.4 Å². The minimum absolute atomic E-state index is 0.145. The summed E-state index contributed by atoms with van der Waals surface area (Å²) in [6.45, 7) is 3.36. The molecule has 0 bridgehead atoms. The van der Waals surface area contributed by atoms with Gasteiger partial charge in [-0.15, -0.1) is 0 Å². The Bertz CT molecular complexity index is 847. The number of nitrogens with zero attached hydrogens (tertiary/aromatic N) is 2. The number of aromatic nitrogens is 4. The number of aromatic amines is 2. The third-order valence-corrected chi connectivity index (χ3v) is 3.62. The van der Waals surface area contributed by atoms with Crippen molar-refractivity contribution in [3.63, 3.8) is 0 Å². The second kappa shape index (κ2) is 4.89. The van der Waals surface area contributed by atoms with Gasteiger partial charge in [-0.2, -0.15) is 0 Å². The van der Waals surface area contributed by atoms with Gasteiger partial charge in [0.25, 0.3) is 15.6 Å². The van der Waals surface area contributed by atoms with E-state index in [2.05, 4.69) is 19.7 Å². The van der Waals surface area contributed by atoms with Crippen LogP contribution in [0.1, 0.15) is 11.4 Å². The van der Waals surface area contributed by atoms with Gasteiger partial charge in [-0.1, -0.05) is 0 Å². The van der Waals surface area contributed by atoms with Crippen LogP contribution in [0.15, 0.2) is 26.7 Å². The molecule has 0 aliphatic heterocycles. The fraction of sp³-hybridized carbons (Fsp3) is 0.200. The Balaban J connectivity index is 2.46. The molecule has 0 amide bonds. The number of anilines is 1. The predicted octanol–water partition coefficient (Wildman–Crippen LogP) is -0.729. The van der Waals surface area contributed by atoms with E-state index >= 15 is 0 Å². The molecule has 106 valence electrons. The second-order valence-electron chi connectivity index (χ2n) is 4.02. The minimum Gasteiger partial charge on any atom is -0.313 e. The minimum atomic E-state index is -4.18. The van der Waals surface area contributed by atoms with E-state index < -0.39 is 26.2 Å². The zero-order valence-electron chi connectivity index (χ0n) is 10.6. The molecule has 2 heterocycles. The fourth-order valence-electron chi connectivity index (χ4n) is 1.54. The first-order valence-electron chi connectivity index (χ1n) is 5.45. The summed E-state index contributed by atoms with van der Waals surface area (Å²) >= 11 is 0. The van der Waals surface area contributed by atoms with Gasteiger partial charge in [0, 0.05) is 17.6 Å². The third kappa shape index (κ3) is 2.91. The summed E-state index contributed by atoms with van der Waals surface area (Å²) in [5.74, 6) is -0.145. The highest BCUT2D eigenvalue weighted by atomic mass is 32.2. The fourth-order valence-corrected chi connectivity index (χ4v) is 2.49. The molecule has 2 aromatic rings. The molecular weight excluding hydrogens is 286 g/mol. The average Bonchev–Trinajstić information content (AvgIpc) is 2.25. The molecule has 0 saturated heterocycles. The quantitative estimate of drug-likeness (QED) is 0.683. The first kappa shape index (κ1) is 13.9. The zero-order chi connectivity index (χ0) is 14.9. The van der Waals surface area contributed by atoms with Crippen LogP contribution >= 0.6 is 0 Å². The Morgan fingerprint density at radius 1 is 1.15 bits per heavy atom. The van der Waals surface area contributed by atoms with Crippen molar-refractivity contribution in [2.24, 2.45) is 0 Å². The summed E-state index contributed by atoms with van der Waals surface area (Å²) in [6, 6.07) is 1.67. The lowest BCUT2D eigenvalue weighted by molar-refractivity contribution is 0.598. The molecule has 10 heteroatoms. The molecule has 0 atom stereocenters. The van der Waals surface area contributed by atoms with Crippen molar-refractivity contribution >= 4 is 16.0 Å². The molecule has 3 N–H and O–H groups in total. The number of sulfonamides is 1. The summed E-state index contributed by atoms with van der Waals surface area (Å²) in [6.07, 6.45) is 0.812. The van der Waals surface area contributed by atoms with Crippen LogP contribution in [-0.2, 0) is 10.0 Å². The molecule has 0 spiro atoms. The predicted molar refractivity (Wildman–Crippen MR) is 70.0 cm³/mol. The molecule has 0 saturated carbocycles. The van der Waals surface area contributed by atoms with Crippen molar-refractivity contribution in [2.45, 2.75) is 18.7 Å². The van der Waals surface area contributed by atoms with Gasteiger partial charge < -0.3 is 4.98 Å². The summed E-state index contributed by atoms with van der Waals surface area (Å²) in [5, 5.41) is 0. The molecule has 20 heavy (non-hydrogen) atoms. The van der Waals surface area contributed by atoms with Gasteiger partial charge in [0.2, 0.25) is 5.95 Å². The molecule has 0 radical (unpaired) electrons. The Labute approximate surface area is 113 Å². The highest BCUT2D eigenvalue weighted by Crippen LogP contribution is 2.09. The largest absolute Gasteiger partial charge is 0.325 e. The van der Waals surface area contributed by atoms with Crippen molar-refractivity contribution in [2.75, 3.05) is 4.72 Å². The number of rotatable bonds is 3. The summed E-state index contributed by atoms with van der Waals surface area (Å²) in [5.41, 5.74) is -0.668. The van der Waals surface area contributed by atoms with Crippen LogP contribution in [0.25, 0.3) is 0 Å². The summed E-state index contributed by atoms with van der Waals surface area (Å²) in [7, 11) is -4.18. The molecule has 0 fully saturated rings. The normalized spacial score (nSPS) is 11.3. The number of hydrogen-bond donors (Lipinski definition) is 3. The molecule has 0 aliphatic carbocycles. The van der Waals surface area contributed by atoms with Gasteiger partial charge in [-0.3, -0.25) is 9.78 Å². The molecular formula is C10H11N5O4S. The second-order valence-corrected chi connectivity index (χ2v) is 5.67. The molecule has 0 aliphatic rings. The van der Waals surface area contributed by atoms with E-state index in [-0.39, 0.29) is 5.95 Å². The maximum atomic E-state index is 12.0. The maximum Gasteiger partial charge on any atom is 0.325 e. The van der Waals surface area contributed by atoms with Gasteiger partial charge in [-0.25, -0.2) is 27.9 Å². The van der Waals surface area contributed by atoms with E-state index in [9.17, 15) is 18.0 Å². The third-order valence-electron chi connectivity index (χ3n) is 2.28. The number of hydrogen-bond acceptors (Lipinski definition) is 6. The van der Waals surface area contributed by atoms with Crippen LogP contribution < -0.4 is 16.0 Å². The van der Waals surface area contributed by atoms with Crippen LogP contribution in [0, 0.1) is 13.8 Å². The van der Waals surface area contributed by atoms with Gasteiger partial charge in [0.05, 0.1) is 0 Å². The first-order chi connectivity index (χ1) is 9.28. The molecule has 2 rings (SSSR count). The highest BCUT2D eigenvalue weighted by molar-refractivity contribution is 7.92. The maximum absolute atomic E-state index is 12.0. The average molecular weight is 297 g/mol. The molecule has 9 nitrogen and oxygen atoms in total.